The highest BCUT2D eigenvalue weighted by Crippen LogP contribution is 2.33. The van der Waals surface area contributed by atoms with Crippen LogP contribution in [-0.4, -0.2) is 80.0 Å². The van der Waals surface area contributed by atoms with Gasteiger partial charge < -0.3 is 19.3 Å². The molecule has 2 aliphatic heterocycles. The summed E-state index contributed by atoms with van der Waals surface area (Å²) in [7, 11) is 1.69. The van der Waals surface area contributed by atoms with Gasteiger partial charge in [0.15, 0.2) is 0 Å². The molecule has 202 valence electrons. The quantitative estimate of drug-likeness (QED) is 0.518. The Kier molecular flexibility index (Phi) is 7.40. The van der Waals surface area contributed by atoms with Crippen molar-refractivity contribution >= 4 is 5.91 Å². The molecule has 0 radical (unpaired) electrons. The number of amides is 1. The highest BCUT2D eigenvalue weighted by Gasteiger charge is 2.35. The number of nitrogens with zero attached hydrogens (tertiary/aromatic N) is 5. The number of hydrogen-bond acceptors (Lipinski definition) is 6. The number of rotatable bonds is 6. The van der Waals surface area contributed by atoms with Gasteiger partial charge in [0.05, 0.1) is 6.61 Å². The van der Waals surface area contributed by atoms with Crippen molar-refractivity contribution in [3.63, 3.8) is 0 Å². The van der Waals surface area contributed by atoms with Crippen molar-refractivity contribution in [3.8, 4) is 28.4 Å². The molecule has 0 saturated carbocycles. The first-order valence-corrected chi connectivity index (χ1v) is 12.7. The summed E-state index contributed by atoms with van der Waals surface area (Å²) in [6, 6.07) is 9.60. The highest BCUT2D eigenvalue weighted by atomic mass is 19.4. The van der Waals surface area contributed by atoms with Crippen molar-refractivity contribution in [2.75, 3.05) is 26.2 Å². The molecule has 8 nitrogen and oxygen atoms in total. The standard InChI is InChI=1S/C27H30F3N5O3/c1-33-24(26(37)34-14-9-20(10-15-34)35-13-3-5-21(35)17-36)23(18-7-11-31-12-8-18)32-25(33)19-4-2-6-22(16-19)38-27(28,29)30/h2,4,6-8,11-12,16,20-21,36H,3,5,9-10,13-15,17H2,1H3/t21-/m1/s1. The van der Waals surface area contributed by atoms with Crippen LogP contribution in [0.5, 0.6) is 5.75 Å². The van der Waals surface area contributed by atoms with Gasteiger partial charge in [0, 0.05) is 55.7 Å². The summed E-state index contributed by atoms with van der Waals surface area (Å²) in [6.07, 6.45) is 2.10. The van der Waals surface area contributed by atoms with E-state index in [-0.39, 0.29) is 24.3 Å². The lowest BCUT2D eigenvalue weighted by Gasteiger charge is -2.39. The predicted octanol–water partition coefficient (Wildman–Crippen LogP) is 4.11. The van der Waals surface area contributed by atoms with Crippen molar-refractivity contribution in [2.24, 2.45) is 7.05 Å². The van der Waals surface area contributed by atoms with Crippen molar-refractivity contribution in [1.82, 2.24) is 24.3 Å². The topological polar surface area (TPSA) is 83.7 Å². The van der Waals surface area contributed by atoms with Crippen LogP contribution in [0.1, 0.15) is 36.2 Å². The molecule has 1 amide bonds. The fourth-order valence-electron chi connectivity index (χ4n) is 5.63. The Morgan fingerprint density at radius 3 is 2.50 bits per heavy atom. The van der Waals surface area contributed by atoms with Crippen molar-refractivity contribution in [1.29, 1.82) is 0 Å². The molecule has 2 saturated heterocycles. The van der Waals surface area contributed by atoms with E-state index in [2.05, 4.69) is 14.6 Å². The first-order valence-electron chi connectivity index (χ1n) is 12.7. The number of likely N-dealkylation sites (tertiary alicyclic amines) is 2. The minimum absolute atomic E-state index is 0.154. The number of ether oxygens (including phenoxy) is 1. The van der Waals surface area contributed by atoms with Crippen molar-refractivity contribution < 1.29 is 27.8 Å². The Morgan fingerprint density at radius 1 is 1.08 bits per heavy atom. The number of benzene rings is 1. The first-order chi connectivity index (χ1) is 18.2. The van der Waals surface area contributed by atoms with Gasteiger partial charge in [-0.3, -0.25) is 14.7 Å². The summed E-state index contributed by atoms with van der Waals surface area (Å²) < 4.78 is 44.2. The van der Waals surface area contributed by atoms with Crippen molar-refractivity contribution in [2.45, 2.75) is 44.1 Å². The second kappa shape index (κ2) is 10.7. The van der Waals surface area contributed by atoms with Gasteiger partial charge in [-0.15, -0.1) is 13.2 Å². The Labute approximate surface area is 218 Å². The molecule has 1 atom stereocenters. The zero-order valence-electron chi connectivity index (χ0n) is 21.1. The molecule has 2 fully saturated rings. The number of aromatic nitrogens is 3. The SMILES string of the molecule is Cn1c(-c2cccc(OC(F)(F)F)c2)nc(-c2ccncc2)c1C(=O)N1CCC(N2CCC[C@@H]2CO)CC1. The molecule has 0 unspecified atom stereocenters. The molecule has 0 bridgehead atoms. The maximum Gasteiger partial charge on any atom is 0.573 e. The molecule has 11 heteroatoms. The predicted molar refractivity (Wildman–Crippen MR) is 134 cm³/mol. The monoisotopic (exact) mass is 529 g/mol. The van der Waals surface area contributed by atoms with E-state index in [4.69, 9.17) is 4.98 Å². The van der Waals surface area contributed by atoms with Gasteiger partial charge in [-0.1, -0.05) is 12.1 Å². The Hall–Kier alpha value is -3.44. The van der Waals surface area contributed by atoms with Gasteiger partial charge >= 0.3 is 6.36 Å². The molecule has 2 aliphatic rings. The van der Waals surface area contributed by atoms with E-state index in [9.17, 15) is 23.1 Å². The second-order valence-corrected chi connectivity index (χ2v) is 9.74. The molecule has 1 N–H and O–H groups in total. The summed E-state index contributed by atoms with van der Waals surface area (Å²) in [4.78, 5) is 26.8. The van der Waals surface area contributed by atoms with E-state index in [1.54, 1.807) is 42.2 Å². The van der Waals surface area contributed by atoms with Gasteiger partial charge in [-0.2, -0.15) is 0 Å². The van der Waals surface area contributed by atoms with Crippen LogP contribution in [0.3, 0.4) is 0 Å². The van der Waals surface area contributed by atoms with Gasteiger partial charge in [0.25, 0.3) is 5.91 Å². The number of aliphatic hydroxyl groups excluding tert-OH is 1. The minimum Gasteiger partial charge on any atom is -0.406 e. The third-order valence-corrected chi connectivity index (χ3v) is 7.43. The van der Waals surface area contributed by atoms with E-state index in [1.807, 2.05) is 4.90 Å². The summed E-state index contributed by atoms with van der Waals surface area (Å²) in [5.74, 6) is -0.189. The number of hydrogen-bond donors (Lipinski definition) is 1. The number of aliphatic hydroxyl groups is 1. The number of alkyl halides is 3. The minimum atomic E-state index is -4.82. The largest absolute Gasteiger partial charge is 0.573 e. The zero-order chi connectivity index (χ0) is 26.9. The summed E-state index contributed by atoms with van der Waals surface area (Å²) in [6.45, 7) is 2.27. The second-order valence-electron chi connectivity index (χ2n) is 9.74. The molecular weight excluding hydrogens is 499 g/mol. The Balaban J connectivity index is 1.44. The molecule has 38 heavy (non-hydrogen) atoms. The van der Waals surface area contributed by atoms with E-state index < -0.39 is 6.36 Å². The Bertz CT molecular complexity index is 1270. The molecule has 2 aromatic heterocycles. The number of imidazole rings is 1. The van der Waals surface area contributed by atoms with E-state index in [0.717, 1.165) is 32.2 Å². The van der Waals surface area contributed by atoms with Crippen LogP contribution in [0.4, 0.5) is 13.2 Å². The van der Waals surface area contributed by atoms with Gasteiger partial charge in [-0.05, 0) is 56.5 Å². The fourth-order valence-corrected chi connectivity index (χ4v) is 5.63. The normalized spacial score (nSPS) is 19.2. The maximum atomic E-state index is 13.9. The van der Waals surface area contributed by atoms with Crippen LogP contribution in [0.15, 0.2) is 48.8 Å². The molecule has 5 rings (SSSR count). The van der Waals surface area contributed by atoms with Gasteiger partial charge in [0.1, 0.15) is 23.0 Å². The average Bonchev–Trinajstić information content (AvgIpc) is 3.52. The van der Waals surface area contributed by atoms with E-state index in [0.29, 0.717) is 47.5 Å². The van der Waals surface area contributed by atoms with Crippen LogP contribution in [0.2, 0.25) is 0 Å². The third kappa shape index (κ3) is 5.39. The summed E-state index contributed by atoms with van der Waals surface area (Å²) >= 11 is 0. The molecule has 4 heterocycles. The Morgan fingerprint density at radius 2 is 1.82 bits per heavy atom. The van der Waals surface area contributed by atoms with Crippen LogP contribution in [-0.2, 0) is 7.05 Å². The third-order valence-electron chi connectivity index (χ3n) is 7.43. The summed E-state index contributed by atoms with van der Waals surface area (Å²) in [5.41, 5.74) is 1.89. The lowest BCUT2D eigenvalue weighted by Crippen LogP contribution is -2.49. The van der Waals surface area contributed by atoms with Gasteiger partial charge in [0.2, 0.25) is 0 Å². The van der Waals surface area contributed by atoms with E-state index >= 15 is 0 Å². The molecule has 0 aliphatic carbocycles. The molecule has 1 aromatic carbocycles. The maximum absolute atomic E-state index is 13.9. The lowest BCUT2D eigenvalue weighted by molar-refractivity contribution is -0.274. The van der Waals surface area contributed by atoms with Crippen LogP contribution in [0.25, 0.3) is 22.6 Å². The first kappa shape index (κ1) is 26.2. The molecule has 0 spiro atoms. The fraction of sp³-hybridized carbons (Fsp3) is 0.444. The zero-order valence-corrected chi connectivity index (χ0v) is 21.1. The lowest BCUT2D eigenvalue weighted by atomic mass is 10.0. The number of carbonyl (C=O) groups excluding carboxylic acids is 1. The van der Waals surface area contributed by atoms with E-state index in [1.165, 1.54) is 18.2 Å². The van der Waals surface area contributed by atoms with Crippen LogP contribution in [0, 0.1) is 0 Å². The van der Waals surface area contributed by atoms with Crippen LogP contribution < -0.4 is 4.74 Å². The van der Waals surface area contributed by atoms with Crippen molar-refractivity contribution in [3.05, 3.63) is 54.5 Å². The average molecular weight is 530 g/mol. The van der Waals surface area contributed by atoms with Gasteiger partial charge in [-0.25, -0.2) is 4.98 Å². The summed E-state index contributed by atoms with van der Waals surface area (Å²) in [5, 5.41) is 9.71. The molecular formula is C27H30F3N5O3. The van der Waals surface area contributed by atoms with Crippen LogP contribution >= 0.6 is 0 Å². The number of piperidine rings is 1. The highest BCUT2D eigenvalue weighted by molar-refractivity contribution is 5.99. The smallest absolute Gasteiger partial charge is 0.406 e. The molecule has 3 aromatic rings. The number of halogens is 3. The number of pyridine rings is 1. The number of carbonyl (C=O) groups is 1.